The zero-order valence-corrected chi connectivity index (χ0v) is 17.3. The molecular formula is C17H40OSi2. The van der Waals surface area contributed by atoms with Gasteiger partial charge >= 0.3 is 0 Å². The SMILES string of the molecule is CCCCCCCCCC[Si](C)(C)O[Si](C)(C)C(C)C. The van der Waals surface area contributed by atoms with Crippen molar-refractivity contribution in [2.45, 2.75) is 110 Å². The van der Waals surface area contributed by atoms with E-state index in [-0.39, 0.29) is 0 Å². The van der Waals surface area contributed by atoms with Crippen molar-refractivity contribution < 1.29 is 4.12 Å². The minimum absolute atomic E-state index is 0.729. The molecule has 0 saturated carbocycles. The molecule has 122 valence electrons. The van der Waals surface area contributed by atoms with Crippen LogP contribution in [0.5, 0.6) is 0 Å². The third-order valence-corrected chi connectivity index (χ3v) is 13.2. The molecule has 0 aliphatic carbocycles. The van der Waals surface area contributed by atoms with Gasteiger partial charge < -0.3 is 4.12 Å². The lowest BCUT2D eigenvalue weighted by Gasteiger charge is -2.36. The molecular weight excluding hydrogens is 276 g/mol. The third kappa shape index (κ3) is 10.2. The van der Waals surface area contributed by atoms with Crippen molar-refractivity contribution in [3.8, 4) is 0 Å². The average Bonchev–Trinajstić information content (AvgIpc) is 2.31. The second kappa shape index (κ2) is 10.2. The number of hydrogen-bond donors (Lipinski definition) is 0. The minimum atomic E-state index is -1.44. The van der Waals surface area contributed by atoms with E-state index in [1.54, 1.807) is 0 Å². The zero-order valence-electron chi connectivity index (χ0n) is 15.3. The summed E-state index contributed by atoms with van der Waals surface area (Å²) in [5, 5.41) is 0. The average molecular weight is 317 g/mol. The van der Waals surface area contributed by atoms with Crippen molar-refractivity contribution >= 4 is 16.6 Å². The molecule has 0 rings (SSSR count). The van der Waals surface area contributed by atoms with Gasteiger partial charge in [0.2, 0.25) is 0 Å². The Morgan fingerprint density at radius 2 is 1.20 bits per heavy atom. The highest BCUT2D eigenvalue weighted by molar-refractivity contribution is 6.85. The molecule has 20 heavy (non-hydrogen) atoms. The van der Waals surface area contributed by atoms with Gasteiger partial charge in [-0.15, -0.1) is 0 Å². The van der Waals surface area contributed by atoms with E-state index in [0.717, 1.165) is 5.54 Å². The smallest absolute Gasteiger partial charge is 0.176 e. The van der Waals surface area contributed by atoms with Crippen LogP contribution in [0.15, 0.2) is 0 Å². The maximum Gasteiger partial charge on any atom is 0.176 e. The molecule has 3 heteroatoms. The lowest BCUT2D eigenvalue weighted by atomic mass is 10.1. The molecule has 0 saturated heterocycles. The highest BCUT2D eigenvalue weighted by atomic mass is 28.4. The van der Waals surface area contributed by atoms with E-state index >= 15 is 0 Å². The van der Waals surface area contributed by atoms with Crippen LogP contribution in [0.3, 0.4) is 0 Å². The molecule has 0 radical (unpaired) electrons. The Morgan fingerprint density at radius 1 is 0.750 bits per heavy atom. The van der Waals surface area contributed by atoms with Crippen LogP contribution in [0.25, 0.3) is 0 Å². The summed E-state index contributed by atoms with van der Waals surface area (Å²) < 4.78 is 6.62. The van der Waals surface area contributed by atoms with Crippen molar-refractivity contribution in [3.05, 3.63) is 0 Å². The Balaban J connectivity index is 3.72. The van der Waals surface area contributed by atoms with Gasteiger partial charge in [0.15, 0.2) is 16.6 Å². The summed E-state index contributed by atoms with van der Waals surface area (Å²) in [7, 11) is -2.87. The quantitative estimate of drug-likeness (QED) is 0.279. The predicted molar refractivity (Wildman–Crippen MR) is 98.6 cm³/mol. The van der Waals surface area contributed by atoms with Gasteiger partial charge in [-0.05, 0) is 37.8 Å². The van der Waals surface area contributed by atoms with Gasteiger partial charge in [0, 0.05) is 0 Å². The van der Waals surface area contributed by atoms with Gasteiger partial charge in [-0.1, -0.05) is 72.1 Å². The fourth-order valence-electron chi connectivity index (χ4n) is 2.57. The lowest BCUT2D eigenvalue weighted by Crippen LogP contribution is -2.46. The summed E-state index contributed by atoms with van der Waals surface area (Å²) in [4.78, 5) is 0. The Morgan fingerprint density at radius 3 is 1.65 bits per heavy atom. The maximum absolute atomic E-state index is 6.62. The molecule has 0 amide bonds. The van der Waals surface area contributed by atoms with Crippen molar-refractivity contribution in [1.82, 2.24) is 0 Å². The summed E-state index contributed by atoms with van der Waals surface area (Å²) in [5.41, 5.74) is 0.729. The molecule has 0 aliphatic heterocycles. The summed E-state index contributed by atoms with van der Waals surface area (Å²) in [6.45, 7) is 16.6. The molecule has 0 N–H and O–H groups in total. The Hall–Kier alpha value is 0.394. The van der Waals surface area contributed by atoms with Crippen molar-refractivity contribution in [2.24, 2.45) is 0 Å². The van der Waals surface area contributed by atoms with E-state index < -0.39 is 16.6 Å². The Bertz CT molecular complexity index is 237. The van der Waals surface area contributed by atoms with Crippen LogP contribution in [0, 0.1) is 0 Å². The van der Waals surface area contributed by atoms with E-state index in [4.69, 9.17) is 4.12 Å². The van der Waals surface area contributed by atoms with Crippen molar-refractivity contribution in [2.75, 3.05) is 0 Å². The first-order valence-electron chi connectivity index (χ1n) is 8.91. The second-order valence-electron chi connectivity index (χ2n) is 7.84. The fourth-order valence-corrected chi connectivity index (χ4v) is 10.7. The normalized spacial score (nSPS) is 13.2. The van der Waals surface area contributed by atoms with Gasteiger partial charge in [-0.2, -0.15) is 0 Å². The molecule has 0 aliphatic rings. The topological polar surface area (TPSA) is 9.23 Å². The largest absolute Gasteiger partial charge is 0.455 e. The van der Waals surface area contributed by atoms with Crippen LogP contribution in [0.2, 0.25) is 37.8 Å². The first kappa shape index (κ1) is 20.4. The van der Waals surface area contributed by atoms with E-state index in [9.17, 15) is 0 Å². The maximum atomic E-state index is 6.62. The molecule has 0 heterocycles. The van der Waals surface area contributed by atoms with Gasteiger partial charge in [-0.3, -0.25) is 0 Å². The molecule has 0 bridgehead atoms. The summed E-state index contributed by atoms with van der Waals surface area (Å²) in [6.07, 6.45) is 11.3. The first-order valence-corrected chi connectivity index (χ1v) is 15.0. The molecule has 0 spiro atoms. The first-order chi connectivity index (χ1) is 9.21. The van der Waals surface area contributed by atoms with Crippen molar-refractivity contribution in [1.29, 1.82) is 0 Å². The van der Waals surface area contributed by atoms with Crippen LogP contribution >= 0.6 is 0 Å². The molecule has 0 fully saturated rings. The van der Waals surface area contributed by atoms with E-state index in [2.05, 4.69) is 47.0 Å². The van der Waals surface area contributed by atoms with Gasteiger partial charge in [0.1, 0.15) is 0 Å². The fraction of sp³-hybridized carbons (Fsp3) is 1.00. The molecule has 1 nitrogen and oxygen atoms in total. The number of rotatable bonds is 12. The Kier molecular flexibility index (Phi) is 10.4. The number of hydrogen-bond acceptors (Lipinski definition) is 1. The predicted octanol–water partition coefficient (Wildman–Crippen LogP) is 6.96. The van der Waals surface area contributed by atoms with Crippen LogP contribution in [-0.2, 0) is 4.12 Å². The third-order valence-electron chi connectivity index (χ3n) is 4.56. The van der Waals surface area contributed by atoms with Crippen LogP contribution in [-0.4, -0.2) is 16.6 Å². The molecule has 0 aromatic carbocycles. The van der Waals surface area contributed by atoms with Gasteiger partial charge in [-0.25, -0.2) is 0 Å². The van der Waals surface area contributed by atoms with Crippen LogP contribution in [0.1, 0.15) is 72.1 Å². The van der Waals surface area contributed by atoms with Gasteiger partial charge in [0.05, 0.1) is 0 Å². The highest BCUT2D eigenvalue weighted by Crippen LogP contribution is 2.28. The van der Waals surface area contributed by atoms with E-state index in [0.29, 0.717) is 0 Å². The van der Waals surface area contributed by atoms with Crippen molar-refractivity contribution in [3.63, 3.8) is 0 Å². The van der Waals surface area contributed by atoms with Crippen LogP contribution in [0.4, 0.5) is 0 Å². The summed E-state index contributed by atoms with van der Waals surface area (Å²) in [6, 6.07) is 1.35. The minimum Gasteiger partial charge on any atom is -0.455 e. The Labute approximate surface area is 131 Å². The molecule has 0 unspecified atom stereocenters. The van der Waals surface area contributed by atoms with Crippen LogP contribution < -0.4 is 0 Å². The molecule has 0 atom stereocenters. The van der Waals surface area contributed by atoms with Gasteiger partial charge in [0.25, 0.3) is 0 Å². The molecule has 0 aromatic heterocycles. The number of unbranched alkanes of at least 4 members (excludes halogenated alkanes) is 7. The van der Waals surface area contributed by atoms with E-state index in [1.807, 2.05) is 0 Å². The summed E-state index contributed by atoms with van der Waals surface area (Å²) in [5.74, 6) is 0. The van der Waals surface area contributed by atoms with E-state index in [1.165, 1.54) is 57.4 Å². The zero-order chi connectivity index (χ0) is 15.6. The summed E-state index contributed by atoms with van der Waals surface area (Å²) >= 11 is 0. The lowest BCUT2D eigenvalue weighted by molar-refractivity contribution is 0.514. The monoisotopic (exact) mass is 316 g/mol. The standard InChI is InChI=1S/C17H40OSi2/c1-8-9-10-11-12-13-14-15-16-19(4,5)18-20(6,7)17(2)3/h17H,8-16H2,1-7H3. The molecule has 0 aromatic rings. The second-order valence-corrected chi connectivity index (χ2v) is 17.0. The highest BCUT2D eigenvalue weighted by Gasteiger charge is 2.34.